The van der Waals surface area contributed by atoms with E-state index in [0.717, 1.165) is 0 Å². The van der Waals surface area contributed by atoms with E-state index in [1.54, 1.807) is 0 Å². The van der Waals surface area contributed by atoms with Crippen molar-refractivity contribution in [1.82, 2.24) is 9.97 Å². The molecule has 0 aromatic carbocycles. The molecule has 1 rings (SSSR count). The minimum Gasteiger partial charge on any atom is -0.366 e. The summed E-state index contributed by atoms with van der Waals surface area (Å²) in [4.78, 5) is 7.52. The highest BCUT2D eigenvalue weighted by atomic mass is 19.4. The van der Waals surface area contributed by atoms with Gasteiger partial charge in [-0.1, -0.05) is 0 Å². The van der Waals surface area contributed by atoms with Crippen molar-refractivity contribution in [3.05, 3.63) is 18.1 Å². The number of hydrogen-bond acceptors (Lipinski definition) is 5. The first-order valence-electron chi connectivity index (χ1n) is 3.93. The first-order valence-corrected chi connectivity index (χ1v) is 3.93. The predicted octanol–water partition coefficient (Wildman–Crippen LogP) is 0.841. The molecule has 8 heteroatoms. The van der Waals surface area contributed by atoms with Crippen molar-refractivity contribution in [3.63, 3.8) is 0 Å². The molecule has 0 amide bonds. The van der Waals surface area contributed by atoms with Crippen LogP contribution in [0.2, 0.25) is 0 Å². The Morgan fingerprint density at radius 3 is 2.53 bits per heavy atom. The molecule has 0 aliphatic carbocycles. The molecule has 0 fully saturated rings. The summed E-state index contributed by atoms with van der Waals surface area (Å²) < 4.78 is 39.4. The summed E-state index contributed by atoms with van der Waals surface area (Å²) in [5.41, 5.74) is 2.54. The zero-order valence-electron chi connectivity index (χ0n) is 7.58. The minimum atomic E-state index is -4.33. The van der Waals surface area contributed by atoms with E-state index < -0.39 is 12.8 Å². The van der Waals surface area contributed by atoms with E-state index in [-0.39, 0.29) is 6.61 Å². The highest BCUT2D eigenvalue weighted by Gasteiger charge is 2.27. The van der Waals surface area contributed by atoms with E-state index in [9.17, 15) is 13.2 Å². The van der Waals surface area contributed by atoms with E-state index in [1.807, 2.05) is 0 Å². The van der Waals surface area contributed by atoms with E-state index in [4.69, 9.17) is 5.84 Å². The van der Waals surface area contributed by atoms with Crippen molar-refractivity contribution in [2.45, 2.75) is 12.8 Å². The van der Waals surface area contributed by atoms with Gasteiger partial charge in [-0.05, 0) is 0 Å². The maximum absolute atomic E-state index is 11.7. The third-order valence-electron chi connectivity index (χ3n) is 1.37. The quantitative estimate of drug-likeness (QED) is 0.583. The van der Waals surface area contributed by atoms with Gasteiger partial charge in [0, 0.05) is 0 Å². The van der Waals surface area contributed by atoms with Crippen LogP contribution in [0.1, 0.15) is 5.69 Å². The van der Waals surface area contributed by atoms with Crippen LogP contribution in [0.15, 0.2) is 12.4 Å². The van der Waals surface area contributed by atoms with E-state index in [0.29, 0.717) is 11.5 Å². The smallest absolute Gasteiger partial charge is 0.366 e. The number of rotatable bonds is 4. The lowest BCUT2D eigenvalue weighted by Crippen LogP contribution is -2.17. The van der Waals surface area contributed by atoms with Crippen LogP contribution in [-0.4, -0.2) is 22.8 Å². The number of nitrogen functional groups attached to an aromatic ring is 1. The number of aromatic nitrogens is 2. The van der Waals surface area contributed by atoms with Gasteiger partial charge >= 0.3 is 6.18 Å². The molecule has 0 radical (unpaired) electrons. The first-order chi connectivity index (χ1) is 7.01. The molecule has 0 spiro atoms. The molecule has 5 nitrogen and oxygen atoms in total. The fourth-order valence-electron chi connectivity index (χ4n) is 0.775. The van der Waals surface area contributed by atoms with E-state index in [2.05, 4.69) is 20.1 Å². The molecule has 1 aromatic rings. The van der Waals surface area contributed by atoms with Crippen molar-refractivity contribution < 1.29 is 17.9 Å². The summed E-state index contributed by atoms with van der Waals surface area (Å²) in [6.45, 7) is -1.54. The lowest BCUT2D eigenvalue weighted by molar-refractivity contribution is -0.176. The number of nitrogens with two attached hydrogens (primary N) is 1. The Bertz CT molecular complexity index is 300. The zero-order valence-corrected chi connectivity index (χ0v) is 7.58. The van der Waals surface area contributed by atoms with Crippen molar-refractivity contribution in [1.29, 1.82) is 0 Å². The van der Waals surface area contributed by atoms with Gasteiger partial charge in [0.05, 0.1) is 24.7 Å². The number of ether oxygens (including phenoxy) is 1. The Morgan fingerprint density at radius 2 is 2.07 bits per heavy atom. The van der Waals surface area contributed by atoms with Crippen LogP contribution in [0, 0.1) is 0 Å². The number of nitrogens with zero attached hydrogens (tertiary/aromatic N) is 2. The van der Waals surface area contributed by atoms with Gasteiger partial charge in [0.1, 0.15) is 6.61 Å². The second-order valence-electron chi connectivity index (χ2n) is 2.65. The topological polar surface area (TPSA) is 73.1 Å². The average molecular weight is 222 g/mol. The van der Waals surface area contributed by atoms with Crippen LogP contribution < -0.4 is 11.3 Å². The summed E-state index contributed by atoms with van der Waals surface area (Å²) in [6.07, 6.45) is -1.75. The predicted molar refractivity (Wildman–Crippen MR) is 45.6 cm³/mol. The lowest BCUT2D eigenvalue weighted by Gasteiger charge is -2.06. The molecule has 0 unspecified atom stereocenters. The molecular weight excluding hydrogens is 213 g/mol. The standard InChI is InChI=1S/C7H9F3N4O/c8-7(9,10)4-15-3-5-1-13-6(14-11)2-12-5/h1-2H,3-4,11H2,(H,13,14). The molecule has 0 saturated heterocycles. The van der Waals surface area contributed by atoms with Crippen LogP contribution >= 0.6 is 0 Å². The molecule has 0 atom stereocenters. The summed E-state index contributed by atoms with van der Waals surface area (Å²) >= 11 is 0. The maximum Gasteiger partial charge on any atom is 0.411 e. The first kappa shape index (κ1) is 11.7. The Balaban J connectivity index is 2.38. The van der Waals surface area contributed by atoms with Gasteiger partial charge < -0.3 is 10.2 Å². The second-order valence-corrected chi connectivity index (χ2v) is 2.65. The van der Waals surface area contributed by atoms with Gasteiger partial charge in [-0.25, -0.2) is 10.8 Å². The minimum absolute atomic E-state index is 0.239. The number of nitrogens with one attached hydrogen (secondary N) is 1. The van der Waals surface area contributed by atoms with Crippen molar-refractivity contribution >= 4 is 5.82 Å². The van der Waals surface area contributed by atoms with Crippen LogP contribution in [0.4, 0.5) is 19.0 Å². The van der Waals surface area contributed by atoms with Crippen LogP contribution in [-0.2, 0) is 11.3 Å². The average Bonchev–Trinajstić information content (AvgIpc) is 2.17. The third-order valence-corrected chi connectivity index (χ3v) is 1.37. The molecule has 0 aliphatic heterocycles. The monoisotopic (exact) mass is 222 g/mol. The molecule has 3 N–H and O–H groups in total. The van der Waals surface area contributed by atoms with Gasteiger partial charge in [0.2, 0.25) is 0 Å². The highest BCUT2D eigenvalue weighted by Crippen LogP contribution is 2.15. The fraction of sp³-hybridized carbons (Fsp3) is 0.429. The maximum atomic E-state index is 11.7. The van der Waals surface area contributed by atoms with Crippen LogP contribution in [0.25, 0.3) is 0 Å². The fourth-order valence-corrected chi connectivity index (χ4v) is 0.775. The Labute approximate surface area is 83.4 Å². The zero-order chi connectivity index (χ0) is 11.3. The Morgan fingerprint density at radius 1 is 1.33 bits per heavy atom. The number of alkyl halides is 3. The lowest BCUT2D eigenvalue weighted by atomic mass is 10.5. The molecule has 0 saturated carbocycles. The van der Waals surface area contributed by atoms with Crippen molar-refractivity contribution in [3.8, 4) is 0 Å². The van der Waals surface area contributed by atoms with Gasteiger partial charge in [0.15, 0.2) is 5.82 Å². The summed E-state index contributed by atoms with van der Waals surface area (Å²) in [5.74, 6) is 5.35. The molecule has 84 valence electrons. The molecule has 0 bridgehead atoms. The summed E-state index contributed by atoms with van der Waals surface area (Å²) in [5, 5.41) is 0. The molecule has 1 aromatic heterocycles. The Hall–Kier alpha value is -1.41. The van der Waals surface area contributed by atoms with Crippen LogP contribution in [0.5, 0.6) is 0 Å². The number of hydrazine groups is 1. The molecule has 15 heavy (non-hydrogen) atoms. The summed E-state index contributed by atoms with van der Waals surface area (Å²) in [7, 11) is 0. The normalized spacial score (nSPS) is 11.5. The molecular formula is C7H9F3N4O. The van der Waals surface area contributed by atoms with Crippen molar-refractivity contribution in [2.24, 2.45) is 5.84 Å². The van der Waals surface area contributed by atoms with Gasteiger partial charge in [0.25, 0.3) is 0 Å². The molecule has 0 aliphatic rings. The van der Waals surface area contributed by atoms with Gasteiger partial charge in [-0.15, -0.1) is 0 Å². The second kappa shape index (κ2) is 4.89. The number of halogens is 3. The largest absolute Gasteiger partial charge is 0.411 e. The SMILES string of the molecule is NNc1cnc(COCC(F)(F)F)cn1. The number of hydrogen-bond donors (Lipinski definition) is 2. The highest BCUT2D eigenvalue weighted by molar-refractivity contribution is 5.28. The van der Waals surface area contributed by atoms with E-state index >= 15 is 0 Å². The van der Waals surface area contributed by atoms with Crippen LogP contribution in [0.3, 0.4) is 0 Å². The van der Waals surface area contributed by atoms with Gasteiger partial charge in [-0.3, -0.25) is 4.98 Å². The van der Waals surface area contributed by atoms with Crippen molar-refractivity contribution in [2.75, 3.05) is 12.0 Å². The Kier molecular flexibility index (Phi) is 3.81. The molecule has 1 heterocycles. The summed E-state index contributed by atoms with van der Waals surface area (Å²) in [6, 6.07) is 0. The third kappa shape index (κ3) is 4.56. The number of anilines is 1. The van der Waals surface area contributed by atoms with E-state index in [1.165, 1.54) is 12.4 Å². The van der Waals surface area contributed by atoms with Gasteiger partial charge in [-0.2, -0.15) is 13.2 Å².